The zero-order valence-corrected chi connectivity index (χ0v) is 19.8. The van der Waals surface area contributed by atoms with Crippen molar-refractivity contribution in [2.45, 2.75) is 19.1 Å². The number of rotatable bonds is 4. The molecule has 0 radical (unpaired) electrons. The number of aromatic amines is 2. The summed E-state index contributed by atoms with van der Waals surface area (Å²) >= 11 is 10.1. The van der Waals surface area contributed by atoms with Crippen LogP contribution >= 0.6 is 27.5 Å². The highest BCUT2D eigenvalue weighted by Gasteiger charge is 2.36. The number of methoxy groups -OCH3 is 1. The van der Waals surface area contributed by atoms with Crippen LogP contribution in [0.15, 0.2) is 62.6 Å². The molecule has 1 unspecified atom stereocenters. The fourth-order valence-electron chi connectivity index (χ4n) is 4.48. The molecule has 1 atom stereocenters. The van der Waals surface area contributed by atoms with Gasteiger partial charge < -0.3 is 9.72 Å². The molecule has 6 nitrogen and oxygen atoms in total. The molecule has 0 saturated carbocycles. The summed E-state index contributed by atoms with van der Waals surface area (Å²) in [5.41, 5.74) is 2.68. The molecule has 9 heteroatoms. The fourth-order valence-corrected chi connectivity index (χ4v) is 5.39. The van der Waals surface area contributed by atoms with Crippen LogP contribution in [-0.2, 0) is 13.1 Å². The van der Waals surface area contributed by atoms with Crippen molar-refractivity contribution in [1.82, 2.24) is 14.9 Å². The monoisotopic (exact) mass is 529 g/mol. The van der Waals surface area contributed by atoms with E-state index in [0.29, 0.717) is 39.1 Å². The maximum atomic E-state index is 14.3. The number of ether oxygens (including phenoxy) is 1. The van der Waals surface area contributed by atoms with Gasteiger partial charge in [0.2, 0.25) is 0 Å². The molecule has 0 spiro atoms. The van der Waals surface area contributed by atoms with Crippen LogP contribution in [0.4, 0.5) is 4.39 Å². The van der Waals surface area contributed by atoms with E-state index in [1.807, 2.05) is 24.3 Å². The summed E-state index contributed by atoms with van der Waals surface area (Å²) in [7, 11) is 1.61. The van der Waals surface area contributed by atoms with Crippen LogP contribution in [0.25, 0.3) is 10.9 Å². The minimum atomic E-state index is -0.578. The van der Waals surface area contributed by atoms with Crippen LogP contribution in [0.3, 0.4) is 0 Å². The average Bonchev–Trinajstić information content (AvgIpc) is 3.16. The van der Waals surface area contributed by atoms with E-state index in [2.05, 4.69) is 30.8 Å². The summed E-state index contributed by atoms with van der Waals surface area (Å²) in [5, 5.41) is 0.802. The van der Waals surface area contributed by atoms with Gasteiger partial charge in [-0.05, 0) is 58.7 Å². The Morgan fingerprint density at radius 2 is 1.91 bits per heavy atom. The second-order valence-corrected chi connectivity index (χ2v) is 9.16. The van der Waals surface area contributed by atoms with Crippen molar-refractivity contribution < 1.29 is 9.13 Å². The van der Waals surface area contributed by atoms with Crippen molar-refractivity contribution in [1.29, 1.82) is 0 Å². The molecule has 5 rings (SSSR count). The molecule has 0 aliphatic carbocycles. The maximum Gasteiger partial charge on any atom is 0.326 e. The summed E-state index contributed by atoms with van der Waals surface area (Å²) in [6, 6.07) is 13.3. The predicted octanol–water partition coefficient (Wildman–Crippen LogP) is 4.89. The Labute approximate surface area is 201 Å². The summed E-state index contributed by atoms with van der Waals surface area (Å²) in [6.45, 7) is 0.950. The third-order valence-corrected chi connectivity index (χ3v) is 6.93. The molecule has 0 saturated heterocycles. The van der Waals surface area contributed by atoms with Crippen LogP contribution in [0.2, 0.25) is 5.02 Å². The Morgan fingerprint density at radius 1 is 1.15 bits per heavy atom. The molecule has 0 fully saturated rings. The number of hydrogen-bond donors (Lipinski definition) is 2. The highest BCUT2D eigenvalue weighted by atomic mass is 79.9. The van der Waals surface area contributed by atoms with E-state index in [4.69, 9.17) is 16.3 Å². The SMILES string of the molecule is COc1ccc(CN2Cc3c(c(Br)cc4c(=O)[nH]c(=O)[nH]c34)C2c2cc(F)ccc2Cl)cc1. The average molecular weight is 531 g/mol. The molecule has 2 N–H and O–H groups in total. The van der Waals surface area contributed by atoms with Crippen molar-refractivity contribution >= 4 is 38.4 Å². The van der Waals surface area contributed by atoms with Gasteiger partial charge in [0.1, 0.15) is 11.6 Å². The van der Waals surface area contributed by atoms with Crippen LogP contribution < -0.4 is 16.0 Å². The van der Waals surface area contributed by atoms with Gasteiger partial charge in [-0.2, -0.15) is 0 Å². The van der Waals surface area contributed by atoms with Crippen molar-refractivity contribution in [3.05, 3.63) is 107 Å². The van der Waals surface area contributed by atoms with E-state index >= 15 is 0 Å². The molecule has 2 heterocycles. The first-order valence-corrected chi connectivity index (χ1v) is 11.3. The largest absolute Gasteiger partial charge is 0.497 e. The molecule has 4 aromatic rings. The van der Waals surface area contributed by atoms with Gasteiger partial charge in [0.05, 0.1) is 24.1 Å². The van der Waals surface area contributed by atoms with Crippen molar-refractivity contribution in [2.75, 3.05) is 7.11 Å². The summed E-state index contributed by atoms with van der Waals surface area (Å²) < 4.78 is 20.2. The minimum Gasteiger partial charge on any atom is -0.497 e. The van der Waals surface area contributed by atoms with Gasteiger partial charge >= 0.3 is 5.69 Å². The van der Waals surface area contributed by atoms with Crippen LogP contribution in [0.5, 0.6) is 5.75 Å². The Kier molecular flexibility index (Phi) is 5.60. The zero-order valence-electron chi connectivity index (χ0n) is 17.4. The molecule has 0 amide bonds. The first kappa shape index (κ1) is 21.9. The Morgan fingerprint density at radius 3 is 2.64 bits per heavy atom. The lowest BCUT2D eigenvalue weighted by molar-refractivity contribution is 0.234. The number of nitrogens with one attached hydrogen (secondary N) is 2. The van der Waals surface area contributed by atoms with E-state index in [9.17, 15) is 14.0 Å². The van der Waals surface area contributed by atoms with Crippen LogP contribution in [0.1, 0.15) is 28.3 Å². The third-order valence-electron chi connectivity index (χ3n) is 5.93. The maximum absolute atomic E-state index is 14.3. The van der Waals surface area contributed by atoms with Crippen LogP contribution in [-0.4, -0.2) is 22.0 Å². The predicted molar refractivity (Wildman–Crippen MR) is 128 cm³/mol. The Bertz CT molecular complexity index is 1500. The van der Waals surface area contributed by atoms with E-state index in [0.717, 1.165) is 22.4 Å². The normalized spacial score (nSPS) is 15.7. The van der Waals surface area contributed by atoms with Gasteiger partial charge in [0.15, 0.2) is 0 Å². The summed E-state index contributed by atoms with van der Waals surface area (Å²) in [5.74, 6) is 0.354. The first-order valence-electron chi connectivity index (χ1n) is 10.1. The first-order chi connectivity index (χ1) is 15.9. The topological polar surface area (TPSA) is 78.2 Å². The third kappa shape index (κ3) is 3.88. The van der Waals surface area contributed by atoms with Gasteiger partial charge in [0, 0.05) is 22.6 Å². The van der Waals surface area contributed by atoms with Gasteiger partial charge in [-0.25, -0.2) is 9.18 Å². The standard InChI is InChI=1S/C24H18BrClFN3O3/c1-33-14-5-2-12(3-6-14)10-30-11-17-20(22(30)15-8-13(27)4-7-19(15)26)18(25)9-16-21(17)28-24(32)29-23(16)31/h2-9,22H,10-11H2,1H3,(H2,28,29,31,32). The molecule has 0 bridgehead atoms. The molecular weight excluding hydrogens is 513 g/mol. The number of halogens is 3. The molecular formula is C24H18BrClFN3O3. The Balaban J connectivity index is 1.72. The molecule has 168 valence electrons. The van der Waals surface area contributed by atoms with Gasteiger partial charge in [0.25, 0.3) is 5.56 Å². The highest BCUT2D eigenvalue weighted by Crippen LogP contribution is 2.47. The quantitative estimate of drug-likeness (QED) is 0.394. The van der Waals surface area contributed by atoms with Gasteiger partial charge in [-0.3, -0.25) is 14.7 Å². The number of benzene rings is 3. The number of hydrogen-bond acceptors (Lipinski definition) is 4. The van der Waals surface area contributed by atoms with E-state index in [1.54, 1.807) is 13.2 Å². The molecule has 1 aliphatic rings. The minimum absolute atomic E-state index is 0.371. The number of nitrogens with zero attached hydrogens (tertiary/aromatic N) is 1. The number of fused-ring (bicyclic) bond motifs is 3. The molecule has 1 aromatic heterocycles. The van der Waals surface area contributed by atoms with E-state index < -0.39 is 23.1 Å². The molecule has 3 aromatic carbocycles. The van der Waals surface area contributed by atoms with E-state index in [-0.39, 0.29) is 0 Å². The summed E-state index contributed by atoms with van der Waals surface area (Å²) in [6.07, 6.45) is 0. The molecule has 33 heavy (non-hydrogen) atoms. The number of aromatic nitrogens is 2. The van der Waals surface area contributed by atoms with Gasteiger partial charge in [-0.1, -0.05) is 39.7 Å². The second kappa shape index (κ2) is 8.44. The van der Waals surface area contributed by atoms with Crippen LogP contribution in [0, 0.1) is 5.82 Å². The van der Waals surface area contributed by atoms with E-state index in [1.165, 1.54) is 18.2 Å². The Hall–Kier alpha value is -2.94. The second-order valence-electron chi connectivity index (χ2n) is 7.90. The lowest BCUT2D eigenvalue weighted by Gasteiger charge is -2.27. The fraction of sp³-hybridized carbons (Fsp3) is 0.167. The van der Waals surface area contributed by atoms with Gasteiger partial charge in [-0.15, -0.1) is 0 Å². The lowest BCUT2D eigenvalue weighted by atomic mass is 9.96. The smallest absolute Gasteiger partial charge is 0.326 e. The van der Waals surface area contributed by atoms with Crippen molar-refractivity contribution in [3.8, 4) is 5.75 Å². The lowest BCUT2D eigenvalue weighted by Crippen LogP contribution is -2.23. The molecule has 1 aliphatic heterocycles. The summed E-state index contributed by atoms with van der Waals surface area (Å²) in [4.78, 5) is 31.7. The van der Waals surface area contributed by atoms with Crippen molar-refractivity contribution in [2.24, 2.45) is 0 Å². The highest BCUT2D eigenvalue weighted by molar-refractivity contribution is 9.10. The zero-order chi connectivity index (χ0) is 23.3. The van der Waals surface area contributed by atoms with Crippen molar-refractivity contribution in [3.63, 3.8) is 0 Å². The number of H-pyrrole nitrogens is 2.